The van der Waals surface area contributed by atoms with E-state index in [-0.39, 0.29) is 18.7 Å². The number of hydrogen-bond acceptors (Lipinski definition) is 6. The van der Waals surface area contributed by atoms with Gasteiger partial charge < -0.3 is 9.30 Å². The Labute approximate surface area is 165 Å². The van der Waals surface area contributed by atoms with Crippen molar-refractivity contribution >= 4 is 15.7 Å². The number of hydrogen-bond donors (Lipinski definition) is 2. The van der Waals surface area contributed by atoms with Gasteiger partial charge in [-0.05, 0) is 42.7 Å². The highest BCUT2D eigenvalue weighted by molar-refractivity contribution is 7.92. The highest BCUT2D eigenvalue weighted by Gasteiger charge is 2.43. The third kappa shape index (κ3) is 5.18. The van der Waals surface area contributed by atoms with E-state index in [2.05, 4.69) is 4.74 Å². The number of aromatic nitrogens is 1. The Morgan fingerprint density at radius 3 is 2.34 bits per heavy atom. The molecule has 0 bridgehead atoms. The molecule has 0 fully saturated rings. The number of aryl methyl sites for hydroxylation is 1. The molecule has 1 aromatic carbocycles. The third-order valence-corrected chi connectivity index (χ3v) is 6.67. The number of carbonyl (C=O) groups excluding carboxylic acids is 1. The van der Waals surface area contributed by atoms with Gasteiger partial charge in [0.25, 0.3) is 11.5 Å². The van der Waals surface area contributed by atoms with Crippen LogP contribution in [0, 0.1) is 0 Å². The van der Waals surface area contributed by atoms with Gasteiger partial charge in [0.15, 0.2) is 14.6 Å². The van der Waals surface area contributed by atoms with Crippen LogP contribution in [0.25, 0.3) is 11.1 Å². The van der Waals surface area contributed by atoms with Gasteiger partial charge in [-0.1, -0.05) is 12.1 Å². The molecule has 11 heteroatoms. The van der Waals surface area contributed by atoms with Crippen molar-refractivity contribution < 1.29 is 31.9 Å². The number of nitrogens with one attached hydrogen (secondary N) is 1. The van der Waals surface area contributed by atoms with Crippen LogP contribution in [0.4, 0.5) is 8.78 Å². The molecule has 29 heavy (non-hydrogen) atoms. The second-order valence-corrected chi connectivity index (χ2v) is 8.99. The number of hydroxylamine groups is 1. The Morgan fingerprint density at radius 1 is 1.24 bits per heavy atom. The minimum atomic E-state index is -3.88. The summed E-state index contributed by atoms with van der Waals surface area (Å²) in [5, 5.41) is 8.83. The molecule has 158 valence electrons. The van der Waals surface area contributed by atoms with Crippen LogP contribution < -0.4 is 15.8 Å². The normalized spacial score (nSPS) is 13.7. The summed E-state index contributed by atoms with van der Waals surface area (Å²) in [7, 11) is -3.88. The van der Waals surface area contributed by atoms with Crippen LogP contribution >= 0.6 is 0 Å². The van der Waals surface area contributed by atoms with Crippen LogP contribution in [0.15, 0.2) is 47.4 Å². The summed E-state index contributed by atoms with van der Waals surface area (Å²) in [6, 6.07) is 8.61. The van der Waals surface area contributed by atoms with Gasteiger partial charge >= 0.3 is 6.61 Å². The topological polar surface area (TPSA) is 115 Å². The van der Waals surface area contributed by atoms with E-state index in [0.29, 0.717) is 11.1 Å². The Hall–Kier alpha value is -2.79. The monoisotopic (exact) mass is 430 g/mol. The van der Waals surface area contributed by atoms with Crippen LogP contribution in [0.2, 0.25) is 0 Å². The van der Waals surface area contributed by atoms with Gasteiger partial charge in [0.1, 0.15) is 5.75 Å². The molecule has 0 aliphatic carbocycles. The number of pyridine rings is 1. The molecule has 2 rings (SSSR count). The second kappa shape index (κ2) is 8.70. The molecule has 0 spiro atoms. The predicted octanol–water partition coefficient (Wildman–Crippen LogP) is 1.82. The number of sulfone groups is 1. The Balaban J connectivity index is 2.21. The number of alkyl halides is 2. The molecule has 0 unspecified atom stereocenters. The number of rotatable bonds is 8. The van der Waals surface area contributed by atoms with Gasteiger partial charge in [0.2, 0.25) is 0 Å². The zero-order chi connectivity index (χ0) is 21.8. The number of ether oxygens (including phenoxy) is 1. The van der Waals surface area contributed by atoms with Crippen LogP contribution in [0.3, 0.4) is 0 Å². The first-order chi connectivity index (χ1) is 13.5. The molecule has 1 aromatic heterocycles. The molecule has 0 saturated heterocycles. The quantitative estimate of drug-likeness (QED) is 0.488. The Bertz CT molecular complexity index is 1040. The second-order valence-electron chi connectivity index (χ2n) is 6.54. The molecular formula is C18H20F2N2O6S. The van der Waals surface area contributed by atoms with Crippen LogP contribution in [0.1, 0.15) is 13.3 Å². The van der Waals surface area contributed by atoms with Crippen molar-refractivity contribution in [2.75, 3.05) is 6.26 Å². The summed E-state index contributed by atoms with van der Waals surface area (Å²) in [4.78, 5) is 24.2. The molecule has 0 saturated carbocycles. The van der Waals surface area contributed by atoms with E-state index in [1.807, 2.05) is 0 Å². The summed E-state index contributed by atoms with van der Waals surface area (Å²) < 4.78 is 51.9. The molecule has 2 N–H and O–H groups in total. The van der Waals surface area contributed by atoms with Gasteiger partial charge in [-0.25, -0.2) is 13.9 Å². The Kier molecular flexibility index (Phi) is 6.75. The third-order valence-electron chi connectivity index (χ3n) is 4.64. The van der Waals surface area contributed by atoms with Crippen molar-refractivity contribution in [1.29, 1.82) is 0 Å². The number of benzene rings is 1. The summed E-state index contributed by atoms with van der Waals surface area (Å²) in [5.41, 5.74) is 2.01. The van der Waals surface area contributed by atoms with Crippen molar-refractivity contribution in [3.63, 3.8) is 0 Å². The average molecular weight is 430 g/mol. The largest absolute Gasteiger partial charge is 0.435 e. The maximum atomic E-state index is 12.4. The number of carbonyl (C=O) groups is 1. The fraction of sp³-hybridized carbons (Fsp3) is 0.333. The first kappa shape index (κ1) is 22.5. The Morgan fingerprint density at radius 2 is 1.86 bits per heavy atom. The smallest absolute Gasteiger partial charge is 0.387 e. The maximum absolute atomic E-state index is 12.4. The highest BCUT2D eigenvalue weighted by atomic mass is 32.2. The summed E-state index contributed by atoms with van der Waals surface area (Å²) in [6.07, 6.45) is 2.06. The minimum absolute atomic E-state index is 0.0145. The fourth-order valence-electron chi connectivity index (χ4n) is 2.62. The molecular weight excluding hydrogens is 410 g/mol. The van der Waals surface area contributed by atoms with Crippen LogP contribution in [-0.4, -0.2) is 41.7 Å². The summed E-state index contributed by atoms with van der Waals surface area (Å²) in [6.45, 7) is -1.86. The van der Waals surface area contributed by atoms with Gasteiger partial charge in [0.05, 0.1) is 0 Å². The lowest BCUT2D eigenvalue weighted by Crippen LogP contribution is -2.49. The number of amides is 1. The molecule has 0 aliphatic heterocycles. The lowest BCUT2D eigenvalue weighted by atomic mass is 10.1. The van der Waals surface area contributed by atoms with Crippen molar-refractivity contribution in [1.82, 2.24) is 10.0 Å². The van der Waals surface area contributed by atoms with E-state index >= 15 is 0 Å². The first-order valence-corrected chi connectivity index (χ1v) is 10.3. The van der Waals surface area contributed by atoms with Gasteiger partial charge in [0, 0.05) is 25.1 Å². The molecule has 1 heterocycles. The van der Waals surface area contributed by atoms with Gasteiger partial charge in [-0.3, -0.25) is 14.8 Å². The number of halogens is 2. The predicted molar refractivity (Wildman–Crippen MR) is 101 cm³/mol. The molecule has 0 aliphatic rings. The molecule has 2 aromatic rings. The molecule has 1 amide bonds. The van der Waals surface area contributed by atoms with E-state index in [9.17, 15) is 26.8 Å². The van der Waals surface area contributed by atoms with Crippen molar-refractivity contribution in [2.24, 2.45) is 0 Å². The van der Waals surface area contributed by atoms with Crippen molar-refractivity contribution in [2.45, 2.75) is 31.2 Å². The average Bonchev–Trinajstić information content (AvgIpc) is 2.65. The van der Waals surface area contributed by atoms with Crippen LogP contribution in [-0.2, 0) is 21.2 Å². The zero-order valence-corrected chi connectivity index (χ0v) is 16.4. The van der Waals surface area contributed by atoms with E-state index in [4.69, 9.17) is 5.21 Å². The van der Waals surface area contributed by atoms with E-state index < -0.39 is 32.7 Å². The van der Waals surface area contributed by atoms with E-state index in [1.54, 1.807) is 6.07 Å². The van der Waals surface area contributed by atoms with E-state index in [0.717, 1.165) is 13.2 Å². The molecule has 0 radical (unpaired) electrons. The molecule has 1 atom stereocenters. The van der Waals surface area contributed by atoms with Crippen molar-refractivity contribution in [3.8, 4) is 16.9 Å². The van der Waals surface area contributed by atoms with Gasteiger partial charge in [-0.15, -0.1) is 0 Å². The standard InChI is InChI=1S/C18H20F2N2O6S/c1-18(16(24)21-25,29(2,26)27)8-10-22-9-7-13(11-15(22)23)12-3-5-14(6-4-12)28-17(19)20/h3-7,9,11,17,25H,8,10H2,1-2H3,(H,21,24)/t18-/m1/s1. The van der Waals surface area contributed by atoms with Crippen LogP contribution in [0.5, 0.6) is 5.75 Å². The molecule has 8 nitrogen and oxygen atoms in total. The lowest BCUT2D eigenvalue weighted by Gasteiger charge is -2.25. The maximum Gasteiger partial charge on any atom is 0.387 e. The highest BCUT2D eigenvalue weighted by Crippen LogP contribution is 2.24. The lowest BCUT2D eigenvalue weighted by molar-refractivity contribution is -0.131. The fourth-order valence-corrected chi connectivity index (χ4v) is 3.46. The zero-order valence-electron chi connectivity index (χ0n) is 15.6. The van der Waals surface area contributed by atoms with E-state index in [1.165, 1.54) is 46.6 Å². The number of nitrogens with zero attached hydrogens (tertiary/aromatic N) is 1. The minimum Gasteiger partial charge on any atom is -0.435 e. The van der Waals surface area contributed by atoms with Gasteiger partial charge in [-0.2, -0.15) is 8.78 Å². The SMILES string of the molecule is C[C@@](CCn1ccc(-c2ccc(OC(F)F)cc2)cc1=O)(C(=O)NO)S(C)(=O)=O. The summed E-state index contributed by atoms with van der Waals surface area (Å²) in [5.74, 6) is -1.10. The summed E-state index contributed by atoms with van der Waals surface area (Å²) >= 11 is 0. The first-order valence-electron chi connectivity index (χ1n) is 8.38. The van der Waals surface area contributed by atoms with Crippen molar-refractivity contribution in [3.05, 3.63) is 52.9 Å².